The zero-order valence-corrected chi connectivity index (χ0v) is 42.1. The Balaban J connectivity index is 1.10. The highest BCUT2D eigenvalue weighted by Crippen LogP contribution is 2.51. The van der Waals surface area contributed by atoms with Crippen molar-refractivity contribution in [3.63, 3.8) is 0 Å². The lowest BCUT2D eigenvalue weighted by Crippen LogP contribution is -2.59. The van der Waals surface area contributed by atoms with Gasteiger partial charge in [-0.3, -0.25) is 0 Å². The van der Waals surface area contributed by atoms with E-state index in [0.717, 1.165) is 60.3 Å². The number of fused-ring (bicyclic) bond motifs is 13. The van der Waals surface area contributed by atoms with Gasteiger partial charge in [-0.2, -0.15) is 5.26 Å². The number of benzene rings is 11. The average Bonchev–Trinajstić information content (AvgIpc) is 1.69. The molecule has 0 saturated heterocycles. The van der Waals surface area contributed by atoms with Crippen LogP contribution in [0.15, 0.2) is 235 Å². The molecule has 2 aliphatic rings. The van der Waals surface area contributed by atoms with Gasteiger partial charge < -0.3 is 23.2 Å². The number of rotatable bonds is 5. The molecule has 0 radical (unpaired) electrons. The summed E-state index contributed by atoms with van der Waals surface area (Å²) in [5, 5.41) is 13.7. The van der Waals surface area contributed by atoms with Crippen molar-refractivity contribution in [1.82, 2.24) is 9.13 Å². The molecular weight excluding hydrogens is 952 g/mol. The van der Waals surface area contributed by atoms with Gasteiger partial charge >= 0.3 is 0 Å². The number of anilines is 3. The lowest BCUT2D eigenvalue weighted by atomic mass is 9.34. The molecule has 6 nitrogen and oxygen atoms in total. The molecule has 16 rings (SSSR count). The predicted molar refractivity (Wildman–Crippen MR) is 323 cm³/mol. The first kappa shape index (κ1) is 33.1. The number of para-hydroxylation sites is 5. The largest absolute Gasteiger partial charge is 0.458 e. The summed E-state index contributed by atoms with van der Waals surface area (Å²) < 4.78 is 136. The number of ether oxygens (including phenoxy) is 1. The molecule has 11 aromatic carbocycles. The van der Waals surface area contributed by atoms with Gasteiger partial charge in [-0.05, 0) is 123 Å². The minimum Gasteiger partial charge on any atom is -0.458 e. The van der Waals surface area contributed by atoms with Crippen molar-refractivity contribution in [3.8, 4) is 51.2 Å². The van der Waals surface area contributed by atoms with Gasteiger partial charge in [0.05, 0.1) is 68.6 Å². The Kier molecular flexibility index (Phi) is 7.00. The van der Waals surface area contributed by atoms with Gasteiger partial charge in [0.2, 0.25) is 0 Å². The third-order valence-electron chi connectivity index (χ3n) is 15.7. The molecule has 0 unspecified atom stereocenters. The van der Waals surface area contributed by atoms with Gasteiger partial charge in [0, 0.05) is 55.3 Å². The molecule has 78 heavy (non-hydrogen) atoms. The van der Waals surface area contributed by atoms with Crippen LogP contribution in [0.25, 0.3) is 99.2 Å². The summed E-state index contributed by atoms with van der Waals surface area (Å²) in [4.78, 5) is 2.20. The number of hydrogen-bond acceptors (Lipinski definition) is 4. The Morgan fingerprint density at radius 2 is 1.22 bits per heavy atom. The van der Waals surface area contributed by atoms with Crippen molar-refractivity contribution in [3.05, 3.63) is 241 Å². The number of hydrogen-bond donors (Lipinski definition) is 0. The molecule has 3 aromatic heterocycles. The minimum absolute atomic E-state index is 0.00500. The molecule has 5 heterocycles. The van der Waals surface area contributed by atoms with Gasteiger partial charge in [-0.1, -0.05) is 166 Å². The number of nitrogens with zero attached hydrogens (tertiary/aromatic N) is 4. The second kappa shape index (κ2) is 16.5. The SMILES string of the molecule is [2H]c1c([2H])c([2H])c(-c2ccc3c(c2)B2c4ccc(C(C)(C)C)cc4N(c4c(-c5ccc6oc7ccccc7c6c5)cccc4-n4c5ccccc5c5cc(C#N)ccc54)c4cc(-n5c6c([2H])c([2H])c([2H])c([2H])c6c6c([2H])c([2H])c([2H])c([2H])c65)cc(c42)O3)c([2H])c1[2H]. The monoisotopic (exact) mass is 1010 g/mol. The summed E-state index contributed by atoms with van der Waals surface area (Å²) in [5.41, 5.74) is 10.6. The maximum atomic E-state index is 10.3. The Morgan fingerprint density at radius 1 is 0.487 bits per heavy atom. The summed E-state index contributed by atoms with van der Waals surface area (Å²) in [7, 11) is 0. The number of furan rings is 1. The highest BCUT2D eigenvalue weighted by atomic mass is 16.5. The maximum absolute atomic E-state index is 10.3. The van der Waals surface area contributed by atoms with Crippen LogP contribution in [0, 0.1) is 11.3 Å². The van der Waals surface area contributed by atoms with Gasteiger partial charge in [-0.15, -0.1) is 0 Å². The molecule has 0 saturated carbocycles. The van der Waals surface area contributed by atoms with Crippen molar-refractivity contribution < 1.29 is 27.0 Å². The zero-order chi connectivity index (χ0) is 63.3. The third-order valence-corrected chi connectivity index (χ3v) is 15.7. The Labute approximate surface area is 469 Å². The Bertz CT molecular complexity index is 5620. The van der Waals surface area contributed by atoms with Crippen molar-refractivity contribution >= 4 is 106 Å². The minimum atomic E-state index is -0.720. The smallest absolute Gasteiger partial charge is 0.256 e. The fraction of sp³-hybridized carbons (Fsp3) is 0.0563. The van der Waals surface area contributed by atoms with Crippen LogP contribution in [-0.4, -0.2) is 15.8 Å². The summed E-state index contributed by atoms with van der Waals surface area (Å²) >= 11 is 0. The van der Waals surface area contributed by atoms with Crippen molar-refractivity contribution in [2.75, 3.05) is 4.90 Å². The molecule has 0 amide bonds. The highest BCUT2D eigenvalue weighted by molar-refractivity contribution is 6.99. The van der Waals surface area contributed by atoms with Gasteiger partial charge in [0.25, 0.3) is 6.71 Å². The fourth-order valence-electron chi connectivity index (χ4n) is 12.2. The molecule has 0 bridgehead atoms. The Morgan fingerprint density at radius 3 is 2.03 bits per heavy atom. The summed E-state index contributed by atoms with van der Waals surface area (Å²) in [5.74, 6) is 0.657. The quantitative estimate of drug-likeness (QED) is 0.161. The van der Waals surface area contributed by atoms with Crippen LogP contribution >= 0.6 is 0 Å². The zero-order valence-electron chi connectivity index (χ0n) is 55.1. The molecule has 7 heteroatoms. The molecule has 0 spiro atoms. The van der Waals surface area contributed by atoms with Crippen LogP contribution < -0.4 is 26.0 Å². The van der Waals surface area contributed by atoms with Crippen LogP contribution in [0.1, 0.15) is 49.7 Å². The van der Waals surface area contributed by atoms with Gasteiger partial charge in [0.15, 0.2) is 0 Å². The predicted octanol–water partition coefficient (Wildman–Crippen LogP) is 16.7. The van der Waals surface area contributed by atoms with Crippen molar-refractivity contribution in [2.24, 2.45) is 0 Å². The fourth-order valence-corrected chi connectivity index (χ4v) is 12.2. The van der Waals surface area contributed by atoms with Gasteiger partial charge in [-0.25, -0.2) is 0 Å². The van der Waals surface area contributed by atoms with E-state index >= 15 is 0 Å². The van der Waals surface area contributed by atoms with Crippen molar-refractivity contribution in [2.45, 2.75) is 26.2 Å². The second-order valence-corrected chi connectivity index (χ2v) is 21.0. The average molecular weight is 1010 g/mol. The number of aromatic nitrogens is 2. The van der Waals surface area contributed by atoms with E-state index < -0.39 is 78.6 Å². The first-order chi connectivity index (χ1) is 43.7. The lowest BCUT2D eigenvalue weighted by molar-refractivity contribution is 0.487. The topological polar surface area (TPSA) is 59.3 Å². The van der Waals surface area contributed by atoms with E-state index in [4.69, 9.17) is 21.5 Å². The van der Waals surface area contributed by atoms with Crippen LogP contribution in [0.2, 0.25) is 0 Å². The first-order valence-electron chi connectivity index (χ1n) is 32.2. The summed E-state index contributed by atoms with van der Waals surface area (Å²) in [6.07, 6.45) is 0. The van der Waals surface area contributed by atoms with Crippen LogP contribution in [0.4, 0.5) is 17.1 Å². The first-order valence-corrected chi connectivity index (χ1v) is 25.7. The van der Waals surface area contributed by atoms with Gasteiger partial charge in [0.1, 0.15) is 22.7 Å². The van der Waals surface area contributed by atoms with E-state index in [1.54, 1.807) is 24.3 Å². The normalized spacial score (nSPS) is 15.2. The summed E-state index contributed by atoms with van der Waals surface area (Å²) in [6, 6.07) is 44.9. The molecule has 0 aliphatic carbocycles. The Hall–Kier alpha value is -10.0. The van der Waals surface area contributed by atoms with E-state index in [-0.39, 0.29) is 45.1 Å². The summed E-state index contributed by atoms with van der Waals surface area (Å²) in [6.45, 7) is 5.67. The van der Waals surface area contributed by atoms with Crippen LogP contribution in [0.5, 0.6) is 11.5 Å². The molecule has 0 N–H and O–H groups in total. The molecule has 0 atom stereocenters. The second-order valence-electron chi connectivity index (χ2n) is 21.0. The third kappa shape index (κ3) is 6.44. The molecular formula is C71H47BN4O2. The molecule has 0 fully saturated rings. The number of nitriles is 1. The van der Waals surface area contributed by atoms with E-state index in [2.05, 4.69) is 72.7 Å². The van der Waals surface area contributed by atoms with Crippen LogP contribution in [0.3, 0.4) is 0 Å². The molecule has 14 aromatic rings. The van der Waals surface area contributed by atoms with E-state index in [9.17, 15) is 10.7 Å². The highest BCUT2D eigenvalue weighted by Gasteiger charge is 2.44. The van der Waals surface area contributed by atoms with E-state index in [0.29, 0.717) is 61.9 Å². The lowest BCUT2D eigenvalue weighted by Gasteiger charge is -2.42. The van der Waals surface area contributed by atoms with Crippen LogP contribution in [-0.2, 0) is 5.41 Å². The molecule has 366 valence electrons. The van der Waals surface area contributed by atoms with E-state index in [1.165, 1.54) is 4.57 Å². The van der Waals surface area contributed by atoms with Crippen molar-refractivity contribution in [1.29, 1.82) is 5.26 Å². The maximum Gasteiger partial charge on any atom is 0.256 e. The van der Waals surface area contributed by atoms with E-state index in [1.807, 2.05) is 91.0 Å². The molecule has 2 aliphatic heterocycles. The standard InChI is InChI=1S/C71H47BN4O2/c1-71(2,3)47-31-32-56-63(39-47)76(64-40-48(74-58-23-11-7-18-50(58)51-19-8-12-24-59(51)74)41-68-69(64)72(56)57-38-45(29-35-67(57)78-68)44-16-5-4-6-17-44)70-49(46-30-34-66-55(37-46)53-21-10-14-27-65(53)77-66)22-15-26-62(70)75-60-25-13-9-20-52(60)54-36-43(42-73)28-33-61(54)75/h4-41H,1-3H3/i4D,5D,6D,7D,8D,11D,12D,16D,17D,18D,19D,23D,24D.